The van der Waals surface area contributed by atoms with Crippen LogP contribution in [0.15, 0.2) is 66.7 Å². The average Bonchev–Trinajstić information content (AvgIpc) is 3.77. The molecule has 0 radical (unpaired) electrons. The van der Waals surface area contributed by atoms with Crippen LogP contribution in [0.1, 0.15) is 90.0 Å². The number of aromatic amines is 4. The van der Waals surface area contributed by atoms with Crippen molar-refractivity contribution in [2.75, 3.05) is 0 Å². The number of hydrogen-bond acceptors (Lipinski definition) is 5. The Balaban J connectivity index is 1.74. The maximum atomic E-state index is 11.5. The Morgan fingerprint density at radius 2 is 0.789 bits per heavy atom. The minimum absolute atomic E-state index is 0.412. The van der Waals surface area contributed by atoms with Gasteiger partial charge in [-0.25, -0.2) is 0 Å². The van der Waals surface area contributed by atoms with E-state index in [1.165, 1.54) is 0 Å². The van der Waals surface area contributed by atoms with Crippen LogP contribution < -0.4 is 0 Å². The van der Waals surface area contributed by atoms with E-state index in [1.807, 2.05) is 56.3 Å². The third kappa shape index (κ3) is 3.85. The van der Waals surface area contributed by atoms with Gasteiger partial charge in [-0.15, -0.1) is 0 Å². The molecule has 0 unspecified atom stereocenters. The molecule has 0 aliphatic rings. The van der Waals surface area contributed by atoms with Gasteiger partial charge in [-0.2, -0.15) is 0 Å². The molecule has 0 aliphatic carbocycles. The number of carbonyl (C=O) groups is 4. The molecule has 0 amide bonds. The highest BCUT2D eigenvalue weighted by atomic mass is 16.1. The van der Waals surface area contributed by atoms with Gasteiger partial charge in [-0.1, -0.05) is 6.07 Å². The number of hydrogen-bond donors (Lipinski definition) is 4. The number of carbonyl (C=O) groups excluding carboxylic acids is 4. The lowest BCUT2D eigenvalue weighted by atomic mass is 9.77. The Bertz CT molecular complexity index is 1440. The van der Waals surface area contributed by atoms with Gasteiger partial charge in [0, 0.05) is 22.8 Å². The Morgan fingerprint density at radius 1 is 0.500 bits per heavy atom. The molecule has 9 heteroatoms. The lowest BCUT2D eigenvalue weighted by Gasteiger charge is -2.32. The zero-order chi connectivity index (χ0) is 26.9. The van der Waals surface area contributed by atoms with E-state index in [-0.39, 0.29) is 0 Å². The van der Waals surface area contributed by atoms with E-state index < -0.39 is 10.8 Å². The fourth-order valence-corrected chi connectivity index (χ4v) is 4.92. The van der Waals surface area contributed by atoms with Crippen molar-refractivity contribution in [1.82, 2.24) is 24.9 Å². The van der Waals surface area contributed by atoms with Crippen LogP contribution in [0.5, 0.6) is 0 Å². The van der Waals surface area contributed by atoms with Crippen LogP contribution in [0.4, 0.5) is 0 Å². The summed E-state index contributed by atoms with van der Waals surface area (Å²) < 4.78 is 0. The molecular weight excluding hydrogens is 482 g/mol. The molecule has 38 heavy (non-hydrogen) atoms. The molecule has 5 aromatic rings. The van der Waals surface area contributed by atoms with Gasteiger partial charge in [0.25, 0.3) is 0 Å². The van der Waals surface area contributed by atoms with Crippen LogP contribution in [0.3, 0.4) is 0 Å². The number of aromatic nitrogens is 5. The SMILES string of the molecule is CC(c1cccc(C(C)(c2ccc(C=O)[nH]2)c2ccc(C=O)[nH]2)n1)(c1ccc(C=O)[nH]1)c1ccc(C=O)[nH]1. The fraction of sp³-hybridized carbons (Fsp3) is 0.138. The van der Waals surface area contributed by atoms with Gasteiger partial charge in [0.2, 0.25) is 0 Å². The molecular formula is C29H25N5O4. The smallest absolute Gasteiger partial charge is 0.166 e. The second-order valence-electron chi connectivity index (χ2n) is 9.44. The molecule has 190 valence electrons. The Hall–Kier alpha value is -5.05. The largest absolute Gasteiger partial charge is 0.355 e. The summed E-state index contributed by atoms with van der Waals surface area (Å²) in [5.74, 6) is 0. The summed E-state index contributed by atoms with van der Waals surface area (Å²) in [6.07, 6.45) is 2.95. The molecule has 0 atom stereocenters. The van der Waals surface area contributed by atoms with E-state index in [0.717, 1.165) is 25.1 Å². The van der Waals surface area contributed by atoms with Crippen LogP contribution in [-0.4, -0.2) is 50.1 Å². The van der Waals surface area contributed by atoms with Gasteiger partial charge in [0.05, 0.1) is 45.0 Å². The molecule has 0 saturated heterocycles. The highest BCUT2D eigenvalue weighted by Gasteiger charge is 2.39. The van der Waals surface area contributed by atoms with Crippen molar-refractivity contribution < 1.29 is 19.2 Å². The lowest BCUT2D eigenvalue weighted by Crippen LogP contribution is -2.32. The third-order valence-electron chi connectivity index (χ3n) is 7.27. The van der Waals surface area contributed by atoms with E-state index in [1.54, 1.807) is 24.3 Å². The van der Waals surface area contributed by atoms with Crippen molar-refractivity contribution >= 4 is 25.1 Å². The molecule has 0 bridgehead atoms. The summed E-state index contributed by atoms with van der Waals surface area (Å²) in [4.78, 5) is 63.7. The fourth-order valence-electron chi connectivity index (χ4n) is 4.92. The summed E-state index contributed by atoms with van der Waals surface area (Å²) in [7, 11) is 0. The van der Waals surface area contributed by atoms with E-state index >= 15 is 0 Å². The van der Waals surface area contributed by atoms with Gasteiger partial charge < -0.3 is 19.9 Å². The first kappa shape index (κ1) is 24.6. The lowest BCUT2D eigenvalue weighted by molar-refractivity contribution is 0.111. The normalized spacial score (nSPS) is 11.8. The number of H-pyrrole nitrogens is 4. The summed E-state index contributed by atoms with van der Waals surface area (Å²) in [5, 5.41) is 0. The van der Waals surface area contributed by atoms with Crippen LogP contribution in [0.25, 0.3) is 0 Å². The van der Waals surface area contributed by atoms with Crippen LogP contribution in [0, 0.1) is 0 Å². The number of aldehydes is 4. The quantitative estimate of drug-likeness (QED) is 0.208. The van der Waals surface area contributed by atoms with Gasteiger partial charge in [0.1, 0.15) is 0 Å². The molecule has 5 rings (SSSR count). The Labute approximate surface area is 217 Å². The number of rotatable bonds is 10. The van der Waals surface area contributed by atoms with Crippen molar-refractivity contribution in [3.63, 3.8) is 0 Å². The predicted octanol–water partition coefficient (Wildman–Crippen LogP) is 4.35. The summed E-state index contributed by atoms with van der Waals surface area (Å²) in [6, 6.07) is 19.7. The Morgan fingerprint density at radius 3 is 1.03 bits per heavy atom. The van der Waals surface area contributed by atoms with E-state index in [9.17, 15) is 19.2 Å². The van der Waals surface area contributed by atoms with E-state index in [0.29, 0.717) is 56.9 Å². The maximum absolute atomic E-state index is 11.5. The summed E-state index contributed by atoms with van der Waals surface area (Å²) in [6.45, 7) is 3.91. The first-order valence-electron chi connectivity index (χ1n) is 11.9. The number of nitrogens with one attached hydrogen (secondary N) is 4. The molecule has 5 heterocycles. The van der Waals surface area contributed by atoms with Gasteiger partial charge >= 0.3 is 0 Å². The first-order chi connectivity index (χ1) is 18.4. The molecule has 0 spiro atoms. The zero-order valence-corrected chi connectivity index (χ0v) is 20.7. The molecule has 0 fully saturated rings. The van der Waals surface area contributed by atoms with Gasteiger partial charge in [-0.05, 0) is 74.5 Å². The average molecular weight is 508 g/mol. The molecule has 9 nitrogen and oxygen atoms in total. The predicted molar refractivity (Wildman–Crippen MR) is 140 cm³/mol. The van der Waals surface area contributed by atoms with Crippen molar-refractivity contribution in [1.29, 1.82) is 0 Å². The molecule has 0 aliphatic heterocycles. The minimum Gasteiger partial charge on any atom is -0.355 e. The summed E-state index contributed by atoms with van der Waals surface area (Å²) >= 11 is 0. The highest BCUT2D eigenvalue weighted by Crippen LogP contribution is 2.41. The van der Waals surface area contributed by atoms with Crippen molar-refractivity contribution in [3.8, 4) is 0 Å². The minimum atomic E-state index is -0.896. The van der Waals surface area contributed by atoms with E-state index in [4.69, 9.17) is 4.98 Å². The molecule has 0 saturated carbocycles. The van der Waals surface area contributed by atoms with E-state index in [2.05, 4.69) is 19.9 Å². The Kier molecular flexibility index (Phi) is 6.12. The van der Waals surface area contributed by atoms with Gasteiger partial charge in [0.15, 0.2) is 25.1 Å². The topological polar surface area (TPSA) is 144 Å². The first-order valence-corrected chi connectivity index (χ1v) is 11.9. The monoisotopic (exact) mass is 507 g/mol. The van der Waals surface area contributed by atoms with Crippen molar-refractivity contribution in [3.05, 3.63) is 124 Å². The van der Waals surface area contributed by atoms with Crippen molar-refractivity contribution in [2.24, 2.45) is 0 Å². The van der Waals surface area contributed by atoms with Crippen LogP contribution in [0.2, 0.25) is 0 Å². The highest BCUT2D eigenvalue weighted by molar-refractivity contribution is 5.74. The standard InChI is InChI=1S/C29H25N5O4/c1-28(24-10-6-18(14-35)30-24,25-11-7-19(15-36)31-25)22-4-3-5-23(34-22)29(2,26-12-8-20(16-37)32-26)27-13-9-21(17-38)33-27/h3-17,30-33H,1-2H3. The van der Waals surface area contributed by atoms with Crippen molar-refractivity contribution in [2.45, 2.75) is 24.7 Å². The summed E-state index contributed by atoms with van der Waals surface area (Å²) in [5.41, 5.74) is 3.96. The molecule has 4 N–H and O–H groups in total. The maximum Gasteiger partial charge on any atom is 0.166 e. The number of pyridine rings is 1. The molecule has 5 aromatic heterocycles. The second kappa shape index (κ2) is 9.44. The molecule has 0 aromatic carbocycles. The number of nitrogens with zero attached hydrogens (tertiary/aromatic N) is 1. The van der Waals surface area contributed by atoms with Crippen LogP contribution in [-0.2, 0) is 10.8 Å². The zero-order valence-electron chi connectivity index (χ0n) is 20.7. The van der Waals surface area contributed by atoms with Crippen LogP contribution >= 0.6 is 0 Å². The second-order valence-corrected chi connectivity index (χ2v) is 9.44. The van der Waals surface area contributed by atoms with Gasteiger partial charge in [-0.3, -0.25) is 24.2 Å². The third-order valence-corrected chi connectivity index (χ3v) is 7.27.